The van der Waals surface area contributed by atoms with Gasteiger partial charge >= 0.3 is 6.09 Å². The number of hydrogen-bond donors (Lipinski definition) is 0. The fraction of sp³-hybridized carbons (Fsp3) is 0.500. The van der Waals surface area contributed by atoms with Crippen molar-refractivity contribution >= 4 is 11.9 Å². The Kier molecular flexibility index (Phi) is 5.30. The highest BCUT2D eigenvalue weighted by Crippen LogP contribution is 2.22. The van der Waals surface area contributed by atoms with Crippen LogP contribution in [0.25, 0.3) is 5.69 Å². The van der Waals surface area contributed by atoms with Crippen LogP contribution < -0.4 is 9.64 Å². The van der Waals surface area contributed by atoms with Crippen molar-refractivity contribution in [3.63, 3.8) is 0 Å². The molecule has 0 spiro atoms. The summed E-state index contributed by atoms with van der Waals surface area (Å²) in [5.41, 5.74) is 1.58. The maximum absolute atomic E-state index is 12.2. The van der Waals surface area contributed by atoms with Crippen molar-refractivity contribution in [2.75, 3.05) is 38.2 Å². The number of methoxy groups -OCH3 is 1. The van der Waals surface area contributed by atoms with Gasteiger partial charge in [-0.1, -0.05) is 0 Å². The molecule has 27 heavy (non-hydrogen) atoms. The van der Waals surface area contributed by atoms with Crippen LogP contribution in [0.3, 0.4) is 0 Å². The minimum absolute atomic E-state index is 0.248. The third kappa shape index (κ3) is 4.53. The van der Waals surface area contributed by atoms with Gasteiger partial charge in [0.15, 0.2) is 5.82 Å². The van der Waals surface area contributed by atoms with E-state index < -0.39 is 5.60 Å². The maximum atomic E-state index is 12.2. The number of aromatic nitrogens is 2. The predicted octanol–water partition coefficient (Wildman–Crippen LogP) is 3.25. The number of piperazine rings is 1. The smallest absolute Gasteiger partial charge is 0.410 e. The van der Waals surface area contributed by atoms with Gasteiger partial charge in [0.1, 0.15) is 11.4 Å². The van der Waals surface area contributed by atoms with Gasteiger partial charge in [-0.05, 0) is 52.0 Å². The lowest BCUT2D eigenvalue weighted by Gasteiger charge is -2.35. The van der Waals surface area contributed by atoms with E-state index in [1.165, 1.54) is 0 Å². The number of amides is 1. The van der Waals surface area contributed by atoms with Crippen molar-refractivity contribution in [2.45, 2.75) is 33.3 Å². The molecule has 0 N–H and O–H groups in total. The number of rotatable bonds is 3. The molecule has 0 atom stereocenters. The first-order valence-corrected chi connectivity index (χ1v) is 9.21. The van der Waals surface area contributed by atoms with Crippen LogP contribution in [0.5, 0.6) is 5.75 Å². The van der Waals surface area contributed by atoms with Crippen LogP contribution in [-0.2, 0) is 4.74 Å². The van der Waals surface area contributed by atoms with Crippen molar-refractivity contribution in [1.29, 1.82) is 0 Å². The lowest BCUT2D eigenvalue weighted by atomic mass is 10.2. The molecule has 0 aliphatic carbocycles. The molecule has 146 valence electrons. The molecule has 0 saturated carbocycles. The van der Waals surface area contributed by atoms with E-state index in [0.29, 0.717) is 13.1 Å². The van der Waals surface area contributed by atoms with E-state index in [9.17, 15) is 4.79 Å². The first-order valence-electron chi connectivity index (χ1n) is 9.21. The molecule has 7 heteroatoms. The van der Waals surface area contributed by atoms with Crippen LogP contribution in [0.1, 0.15) is 26.5 Å². The fourth-order valence-electron chi connectivity index (χ4n) is 3.04. The Balaban J connectivity index is 1.66. The lowest BCUT2D eigenvalue weighted by Crippen LogP contribution is -2.50. The van der Waals surface area contributed by atoms with Gasteiger partial charge in [-0.3, -0.25) is 0 Å². The Morgan fingerprint density at radius 3 is 2.26 bits per heavy atom. The summed E-state index contributed by atoms with van der Waals surface area (Å²) in [4.78, 5) is 16.2. The second-order valence-electron chi connectivity index (χ2n) is 7.71. The molecule has 3 rings (SSSR count). The van der Waals surface area contributed by atoms with E-state index >= 15 is 0 Å². The van der Waals surface area contributed by atoms with E-state index in [1.54, 1.807) is 12.0 Å². The molecule has 1 fully saturated rings. The molecule has 2 heterocycles. The summed E-state index contributed by atoms with van der Waals surface area (Å²) < 4.78 is 12.6. The van der Waals surface area contributed by atoms with Crippen LogP contribution in [0.2, 0.25) is 0 Å². The van der Waals surface area contributed by atoms with E-state index in [-0.39, 0.29) is 6.09 Å². The number of nitrogens with zero attached hydrogens (tertiary/aromatic N) is 4. The van der Waals surface area contributed by atoms with Gasteiger partial charge in [-0.25, -0.2) is 9.48 Å². The average Bonchev–Trinajstić information content (AvgIpc) is 3.02. The first-order chi connectivity index (χ1) is 12.8. The normalized spacial score (nSPS) is 15.0. The monoisotopic (exact) mass is 372 g/mol. The molecule has 0 bridgehead atoms. The molecule has 7 nitrogen and oxygen atoms in total. The van der Waals surface area contributed by atoms with Gasteiger partial charge in [0.05, 0.1) is 12.8 Å². The van der Waals surface area contributed by atoms with E-state index in [1.807, 2.05) is 56.6 Å². The largest absolute Gasteiger partial charge is 0.497 e. The van der Waals surface area contributed by atoms with E-state index in [2.05, 4.69) is 11.0 Å². The van der Waals surface area contributed by atoms with Crippen LogP contribution >= 0.6 is 0 Å². The molecule has 0 radical (unpaired) electrons. The summed E-state index contributed by atoms with van der Waals surface area (Å²) in [5.74, 6) is 1.74. The van der Waals surface area contributed by atoms with Crippen LogP contribution in [0.4, 0.5) is 10.6 Å². The highest BCUT2D eigenvalue weighted by Gasteiger charge is 2.26. The second kappa shape index (κ2) is 7.50. The van der Waals surface area contributed by atoms with E-state index in [4.69, 9.17) is 14.6 Å². The topological polar surface area (TPSA) is 59.8 Å². The molecule has 1 saturated heterocycles. The molecule has 1 aliphatic rings. The Hall–Kier alpha value is -2.70. The number of ether oxygens (including phenoxy) is 2. The van der Waals surface area contributed by atoms with Gasteiger partial charge in [0.2, 0.25) is 0 Å². The molecule has 1 amide bonds. The van der Waals surface area contributed by atoms with Gasteiger partial charge in [-0.2, -0.15) is 5.10 Å². The van der Waals surface area contributed by atoms with Gasteiger partial charge < -0.3 is 19.3 Å². The summed E-state index contributed by atoms with van der Waals surface area (Å²) in [6.07, 6.45) is -0.248. The average molecular weight is 372 g/mol. The lowest BCUT2D eigenvalue weighted by molar-refractivity contribution is 0.0240. The minimum atomic E-state index is -0.470. The number of benzene rings is 1. The summed E-state index contributed by atoms with van der Waals surface area (Å²) in [6.45, 7) is 10.4. The third-order valence-corrected chi connectivity index (χ3v) is 4.45. The number of anilines is 1. The molecule has 0 unspecified atom stereocenters. The molecule has 1 aliphatic heterocycles. The van der Waals surface area contributed by atoms with Crippen LogP contribution in [0.15, 0.2) is 30.3 Å². The van der Waals surface area contributed by atoms with Crippen molar-refractivity contribution in [1.82, 2.24) is 14.7 Å². The molecule has 1 aromatic carbocycles. The van der Waals surface area contributed by atoms with Crippen molar-refractivity contribution in [2.24, 2.45) is 0 Å². The number of carbonyl (C=O) groups excluding carboxylic acids is 1. The zero-order chi connectivity index (χ0) is 19.6. The highest BCUT2D eigenvalue weighted by molar-refractivity contribution is 5.68. The summed E-state index contributed by atoms with van der Waals surface area (Å²) >= 11 is 0. The van der Waals surface area contributed by atoms with Crippen molar-refractivity contribution in [3.05, 3.63) is 36.0 Å². The summed E-state index contributed by atoms with van der Waals surface area (Å²) in [7, 11) is 1.66. The van der Waals surface area contributed by atoms with Crippen molar-refractivity contribution < 1.29 is 14.3 Å². The Bertz CT molecular complexity index is 785. The number of hydrogen-bond acceptors (Lipinski definition) is 5. The fourth-order valence-corrected chi connectivity index (χ4v) is 3.04. The van der Waals surface area contributed by atoms with Crippen LogP contribution in [0, 0.1) is 6.92 Å². The first kappa shape index (κ1) is 19.1. The highest BCUT2D eigenvalue weighted by atomic mass is 16.6. The van der Waals surface area contributed by atoms with Gasteiger partial charge in [-0.15, -0.1) is 0 Å². The minimum Gasteiger partial charge on any atom is -0.497 e. The summed E-state index contributed by atoms with van der Waals surface area (Å²) in [6, 6.07) is 9.91. The number of aryl methyl sites for hydroxylation is 1. The molecular weight excluding hydrogens is 344 g/mol. The second-order valence-corrected chi connectivity index (χ2v) is 7.71. The third-order valence-electron chi connectivity index (χ3n) is 4.45. The summed E-state index contributed by atoms with van der Waals surface area (Å²) in [5, 5.41) is 4.76. The van der Waals surface area contributed by atoms with Gasteiger partial charge in [0, 0.05) is 37.9 Å². The molecule has 1 aromatic heterocycles. The van der Waals surface area contributed by atoms with E-state index in [0.717, 1.165) is 36.0 Å². The quantitative estimate of drug-likeness (QED) is 0.828. The van der Waals surface area contributed by atoms with Crippen molar-refractivity contribution in [3.8, 4) is 11.4 Å². The zero-order valence-electron chi connectivity index (χ0n) is 16.7. The van der Waals surface area contributed by atoms with Gasteiger partial charge in [0.25, 0.3) is 0 Å². The Morgan fingerprint density at radius 1 is 1.07 bits per heavy atom. The standard InChI is InChI=1S/C20H28N4O3/c1-15-14-18(21-24(15)16-6-8-17(26-5)9-7-16)22-10-12-23(13-11-22)19(25)27-20(2,3)4/h6-9,14H,10-13H2,1-5H3. The number of carbonyl (C=O) groups is 1. The Morgan fingerprint density at radius 2 is 1.70 bits per heavy atom. The molecule has 2 aromatic rings. The zero-order valence-corrected chi connectivity index (χ0v) is 16.7. The molecular formula is C20H28N4O3. The SMILES string of the molecule is COc1ccc(-n2nc(N3CCN(C(=O)OC(C)(C)C)CC3)cc2C)cc1. The predicted molar refractivity (Wildman–Crippen MR) is 105 cm³/mol. The Labute approximate surface area is 160 Å². The maximum Gasteiger partial charge on any atom is 0.410 e. The van der Waals surface area contributed by atoms with Crippen LogP contribution in [-0.4, -0.2) is 59.7 Å².